The van der Waals surface area contributed by atoms with E-state index in [4.69, 9.17) is 9.97 Å². The quantitative estimate of drug-likeness (QED) is 0.379. The fraction of sp³-hybridized carbons (Fsp3) is 0.111. The SMILES string of the molecule is C=C(C)c1ccc(-c2nc(-c3ccccc3)c(C)c(-c3ccccc3C)n2)cc1. The van der Waals surface area contributed by atoms with Gasteiger partial charge in [-0.15, -0.1) is 0 Å². The van der Waals surface area contributed by atoms with Crippen molar-refractivity contribution in [1.82, 2.24) is 9.97 Å². The van der Waals surface area contributed by atoms with E-state index in [1.54, 1.807) is 0 Å². The van der Waals surface area contributed by atoms with Crippen LogP contribution in [0.1, 0.15) is 23.6 Å². The highest BCUT2D eigenvalue weighted by Gasteiger charge is 2.16. The smallest absolute Gasteiger partial charge is 0.160 e. The van der Waals surface area contributed by atoms with E-state index in [1.807, 2.05) is 25.1 Å². The van der Waals surface area contributed by atoms with E-state index in [1.165, 1.54) is 5.56 Å². The van der Waals surface area contributed by atoms with Crippen molar-refractivity contribution in [1.29, 1.82) is 0 Å². The Bertz CT molecular complexity index is 1170. The van der Waals surface area contributed by atoms with E-state index in [2.05, 4.69) is 81.1 Å². The zero-order valence-electron chi connectivity index (χ0n) is 17.1. The number of hydrogen-bond acceptors (Lipinski definition) is 2. The average molecular weight is 377 g/mol. The van der Waals surface area contributed by atoms with Crippen molar-refractivity contribution in [2.75, 3.05) is 0 Å². The van der Waals surface area contributed by atoms with Crippen LogP contribution < -0.4 is 0 Å². The second-order valence-corrected chi connectivity index (χ2v) is 7.41. The van der Waals surface area contributed by atoms with Crippen LogP contribution in [0.5, 0.6) is 0 Å². The van der Waals surface area contributed by atoms with Crippen LogP contribution in [0.4, 0.5) is 0 Å². The predicted octanol–water partition coefficient (Wildman–Crippen LogP) is 7.13. The van der Waals surface area contributed by atoms with Crippen LogP contribution in [-0.2, 0) is 0 Å². The van der Waals surface area contributed by atoms with Crippen LogP contribution in [0.3, 0.4) is 0 Å². The maximum Gasteiger partial charge on any atom is 0.160 e. The van der Waals surface area contributed by atoms with E-state index < -0.39 is 0 Å². The number of aromatic nitrogens is 2. The Balaban J connectivity index is 1.95. The first-order valence-electron chi connectivity index (χ1n) is 9.81. The van der Waals surface area contributed by atoms with Gasteiger partial charge in [-0.2, -0.15) is 0 Å². The van der Waals surface area contributed by atoms with Gasteiger partial charge < -0.3 is 0 Å². The van der Waals surface area contributed by atoms with Crippen molar-refractivity contribution in [2.45, 2.75) is 20.8 Å². The van der Waals surface area contributed by atoms with Crippen molar-refractivity contribution >= 4 is 5.57 Å². The summed E-state index contributed by atoms with van der Waals surface area (Å²) < 4.78 is 0. The van der Waals surface area contributed by atoms with E-state index in [9.17, 15) is 0 Å². The molecular weight excluding hydrogens is 352 g/mol. The Morgan fingerprint density at radius 1 is 0.690 bits per heavy atom. The second kappa shape index (κ2) is 7.84. The van der Waals surface area contributed by atoms with Gasteiger partial charge in [-0.05, 0) is 31.9 Å². The van der Waals surface area contributed by atoms with Gasteiger partial charge in [0.2, 0.25) is 0 Å². The lowest BCUT2D eigenvalue weighted by atomic mass is 9.98. The molecule has 1 heterocycles. The molecule has 0 fully saturated rings. The van der Waals surface area contributed by atoms with Crippen molar-refractivity contribution in [3.8, 4) is 33.9 Å². The van der Waals surface area contributed by atoms with Gasteiger partial charge in [-0.3, -0.25) is 0 Å². The van der Waals surface area contributed by atoms with Gasteiger partial charge >= 0.3 is 0 Å². The Hall–Kier alpha value is -3.52. The van der Waals surface area contributed by atoms with Crippen LogP contribution in [0.15, 0.2) is 85.4 Å². The third-order valence-corrected chi connectivity index (χ3v) is 5.23. The highest BCUT2D eigenvalue weighted by molar-refractivity contribution is 5.77. The number of hydrogen-bond donors (Lipinski definition) is 0. The van der Waals surface area contributed by atoms with Crippen LogP contribution in [0.2, 0.25) is 0 Å². The molecule has 0 saturated heterocycles. The molecule has 1 aromatic heterocycles. The minimum Gasteiger partial charge on any atom is -0.228 e. The normalized spacial score (nSPS) is 10.7. The first kappa shape index (κ1) is 18.8. The molecule has 0 N–H and O–H groups in total. The van der Waals surface area contributed by atoms with Gasteiger partial charge in [0.15, 0.2) is 5.82 Å². The molecular formula is C27H24N2. The summed E-state index contributed by atoms with van der Waals surface area (Å²) in [6.45, 7) is 10.3. The summed E-state index contributed by atoms with van der Waals surface area (Å²) in [6.07, 6.45) is 0. The Morgan fingerprint density at radius 3 is 1.97 bits per heavy atom. The molecule has 0 aliphatic rings. The maximum absolute atomic E-state index is 5.00. The maximum atomic E-state index is 5.00. The summed E-state index contributed by atoms with van der Waals surface area (Å²) in [7, 11) is 0. The standard InChI is InChI=1S/C27H24N2/c1-18(2)21-14-16-23(17-15-21)27-28-25(22-11-6-5-7-12-22)20(4)26(29-27)24-13-9-8-10-19(24)3/h5-17H,1H2,2-4H3. The number of aryl methyl sites for hydroxylation is 1. The van der Waals surface area contributed by atoms with Crippen LogP contribution >= 0.6 is 0 Å². The van der Waals surface area contributed by atoms with Gasteiger partial charge in [0.25, 0.3) is 0 Å². The van der Waals surface area contributed by atoms with Crippen molar-refractivity contribution in [2.24, 2.45) is 0 Å². The molecule has 0 aliphatic heterocycles. The Labute approximate surface area is 172 Å². The van der Waals surface area contributed by atoms with E-state index in [0.29, 0.717) is 0 Å². The molecule has 0 bridgehead atoms. The van der Waals surface area contributed by atoms with E-state index in [-0.39, 0.29) is 0 Å². The molecule has 2 heteroatoms. The van der Waals surface area contributed by atoms with Crippen LogP contribution in [0, 0.1) is 13.8 Å². The fourth-order valence-electron chi connectivity index (χ4n) is 3.53. The number of rotatable bonds is 4. The van der Waals surface area contributed by atoms with Crippen LogP contribution in [-0.4, -0.2) is 9.97 Å². The van der Waals surface area contributed by atoms with Crippen LogP contribution in [0.25, 0.3) is 39.5 Å². The monoisotopic (exact) mass is 376 g/mol. The zero-order valence-corrected chi connectivity index (χ0v) is 17.1. The van der Waals surface area contributed by atoms with Gasteiger partial charge in [0, 0.05) is 22.3 Å². The predicted molar refractivity (Wildman–Crippen MR) is 123 cm³/mol. The molecule has 3 aromatic carbocycles. The van der Waals surface area contributed by atoms with Gasteiger partial charge in [-0.1, -0.05) is 91.0 Å². The third-order valence-electron chi connectivity index (χ3n) is 5.23. The molecule has 0 atom stereocenters. The highest BCUT2D eigenvalue weighted by atomic mass is 14.9. The van der Waals surface area contributed by atoms with Gasteiger partial charge in [0.05, 0.1) is 11.4 Å². The fourth-order valence-corrected chi connectivity index (χ4v) is 3.53. The number of benzene rings is 3. The zero-order chi connectivity index (χ0) is 20.4. The highest BCUT2D eigenvalue weighted by Crippen LogP contribution is 2.33. The second-order valence-electron chi connectivity index (χ2n) is 7.41. The first-order valence-corrected chi connectivity index (χ1v) is 9.81. The summed E-state index contributed by atoms with van der Waals surface area (Å²) >= 11 is 0. The van der Waals surface area contributed by atoms with Crippen molar-refractivity contribution in [3.63, 3.8) is 0 Å². The van der Waals surface area contributed by atoms with Crippen molar-refractivity contribution in [3.05, 3.63) is 102 Å². The topological polar surface area (TPSA) is 25.8 Å². The van der Waals surface area contributed by atoms with Gasteiger partial charge in [-0.25, -0.2) is 9.97 Å². The molecule has 4 rings (SSSR count). The number of allylic oxidation sites excluding steroid dienone is 1. The molecule has 142 valence electrons. The van der Waals surface area contributed by atoms with Gasteiger partial charge in [0.1, 0.15) is 0 Å². The molecule has 0 unspecified atom stereocenters. The lowest BCUT2D eigenvalue weighted by molar-refractivity contribution is 1.14. The molecule has 4 aromatic rings. The molecule has 0 aliphatic carbocycles. The molecule has 29 heavy (non-hydrogen) atoms. The molecule has 0 amide bonds. The summed E-state index contributed by atoms with van der Waals surface area (Å²) in [5, 5.41) is 0. The minimum atomic E-state index is 0.737. The Kier molecular flexibility index (Phi) is 5.09. The largest absolute Gasteiger partial charge is 0.228 e. The molecule has 0 radical (unpaired) electrons. The third kappa shape index (κ3) is 3.74. The van der Waals surface area contributed by atoms with E-state index in [0.717, 1.165) is 50.6 Å². The summed E-state index contributed by atoms with van der Waals surface area (Å²) in [4.78, 5) is 9.97. The lowest BCUT2D eigenvalue weighted by Crippen LogP contribution is -2.01. The number of nitrogens with zero attached hydrogens (tertiary/aromatic N) is 2. The molecule has 0 saturated carbocycles. The first-order chi connectivity index (χ1) is 14.0. The van der Waals surface area contributed by atoms with Crippen molar-refractivity contribution < 1.29 is 0 Å². The summed E-state index contributed by atoms with van der Waals surface area (Å²) in [5.41, 5.74) is 9.67. The molecule has 0 spiro atoms. The molecule has 2 nitrogen and oxygen atoms in total. The average Bonchev–Trinajstić information content (AvgIpc) is 2.75. The minimum absolute atomic E-state index is 0.737. The summed E-state index contributed by atoms with van der Waals surface area (Å²) in [5.74, 6) is 0.737. The lowest BCUT2D eigenvalue weighted by Gasteiger charge is -2.15. The Morgan fingerprint density at radius 2 is 1.31 bits per heavy atom. The van der Waals surface area contributed by atoms with E-state index >= 15 is 0 Å². The summed E-state index contributed by atoms with van der Waals surface area (Å²) in [6, 6.07) is 27.0.